The summed E-state index contributed by atoms with van der Waals surface area (Å²) in [5.74, 6) is 1.69. The van der Waals surface area contributed by atoms with Crippen LogP contribution in [-0.2, 0) is 13.1 Å². The predicted octanol–water partition coefficient (Wildman–Crippen LogP) is 3.57. The van der Waals surface area contributed by atoms with Gasteiger partial charge in [0.05, 0.1) is 6.61 Å². The van der Waals surface area contributed by atoms with Crippen LogP contribution in [0.4, 0.5) is 0 Å². The van der Waals surface area contributed by atoms with E-state index in [9.17, 15) is 0 Å². The topological polar surface area (TPSA) is 45.6 Å². The number of para-hydroxylation sites is 1. The van der Waals surface area contributed by atoms with Crippen molar-refractivity contribution in [3.05, 3.63) is 65.7 Å². The second-order valence-corrected chi connectivity index (χ2v) is 4.81. The van der Waals surface area contributed by atoms with Gasteiger partial charge in [-0.1, -0.05) is 48.5 Å². The lowest BCUT2D eigenvalue weighted by Gasteiger charge is -2.14. The van der Waals surface area contributed by atoms with Gasteiger partial charge in [0.2, 0.25) is 0 Å². The zero-order valence-electron chi connectivity index (χ0n) is 13.6. The van der Waals surface area contributed by atoms with Gasteiger partial charge in [0.25, 0.3) is 0 Å². The minimum Gasteiger partial charge on any atom is -0.494 e. The van der Waals surface area contributed by atoms with Crippen molar-refractivity contribution in [3.8, 4) is 5.75 Å². The first-order valence-corrected chi connectivity index (χ1v) is 7.52. The van der Waals surface area contributed by atoms with Gasteiger partial charge in [-0.25, -0.2) is 0 Å². The van der Waals surface area contributed by atoms with Gasteiger partial charge in [-0.2, -0.15) is 0 Å². The molecule has 0 aliphatic rings. The molecule has 5 heteroatoms. The molecule has 0 spiro atoms. The smallest absolute Gasteiger partial charge is 0.191 e. The highest BCUT2D eigenvalue weighted by molar-refractivity contribution is 14.0. The molecule has 0 atom stereocenters. The normalized spacial score (nSPS) is 10.6. The summed E-state index contributed by atoms with van der Waals surface area (Å²) in [5.41, 5.74) is 2.34. The molecule has 2 N–H and O–H groups in total. The minimum atomic E-state index is 0. The average molecular weight is 425 g/mol. The number of hydrogen-bond donors (Lipinski definition) is 2. The molecule has 124 valence electrons. The molecule has 0 unspecified atom stereocenters. The first-order chi connectivity index (χ1) is 10.8. The van der Waals surface area contributed by atoms with E-state index in [1.54, 1.807) is 7.05 Å². The van der Waals surface area contributed by atoms with Crippen molar-refractivity contribution in [2.24, 2.45) is 4.99 Å². The fraction of sp³-hybridized carbons (Fsp3) is 0.278. The van der Waals surface area contributed by atoms with Crippen LogP contribution in [0.5, 0.6) is 5.75 Å². The van der Waals surface area contributed by atoms with E-state index in [0.717, 1.165) is 23.8 Å². The van der Waals surface area contributed by atoms with Crippen LogP contribution in [0.1, 0.15) is 18.1 Å². The van der Waals surface area contributed by atoms with Crippen LogP contribution >= 0.6 is 24.0 Å². The molecule has 2 rings (SSSR count). The summed E-state index contributed by atoms with van der Waals surface area (Å²) >= 11 is 0. The average Bonchev–Trinajstić information content (AvgIpc) is 2.57. The number of benzene rings is 2. The summed E-state index contributed by atoms with van der Waals surface area (Å²) in [5, 5.41) is 6.62. The third-order valence-corrected chi connectivity index (χ3v) is 3.25. The minimum absolute atomic E-state index is 0. The van der Waals surface area contributed by atoms with Crippen molar-refractivity contribution in [2.45, 2.75) is 20.0 Å². The summed E-state index contributed by atoms with van der Waals surface area (Å²) < 4.78 is 5.63. The van der Waals surface area contributed by atoms with Crippen molar-refractivity contribution in [2.75, 3.05) is 13.7 Å². The first kappa shape index (κ1) is 19.3. The Morgan fingerprint density at radius 3 is 2.30 bits per heavy atom. The Hall–Kier alpha value is -1.76. The van der Waals surface area contributed by atoms with Crippen LogP contribution in [0.15, 0.2) is 59.6 Å². The molecule has 0 radical (unpaired) electrons. The molecule has 2 aromatic rings. The molecule has 4 nitrogen and oxygen atoms in total. The molecular formula is C18H24IN3O. The summed E-state index contributed by atoms with van der Waals surface area (Å²) in [4.78, 5) is 4.25. The Bertz CT molecular complexity index is 602. The van der Waals surface area contributed by atoms with Gasteiger partial charge >= 0.3 is 0 Å². The fourth-order valence-electron chi connectivity index (χ4n) is 2.13. The van der Waals surface area contributed by atoms with Gasteiger partial charge in [0, 0.05) is 25.7 Å². The highest BCUT2D eigenvalue weighted by Crippen LogP contribution is 2.17. The number of hydrogen-bond acceptors (Lipinski definition) is 2. The quantitative estimate of drug-likeness (QED) is 0.423. The zero-order valence-corrected chi connectivity index (χ0v) is 15.9. The van der Waals surface area contributed by atoms with E-state index in [1.807, 2.05) is 43.3 Å². The molecule has 0 saturated carbocycles. The largest absolute Gasteiger partial charge is 0.494 e. The molecule has 23 heavy (non-hydrogen) atoms. The molecule has 0 heterocycles. The van der Waals surface area contributed by atoms with Gasteiger partial charge < -0.3 is 15.4 Å². The number of rotatable bonds is 6. The lowest BCUT2D eigenvalue weighted by Crippen LogP contribution is -2.36. The summed E-state index contributed by atoms with van der Waals surface area (Å²) in [7, 11) is 1.77. The zero-order chi connectivity index (χ0) is 15.6. The Balaban J connectivity index is 0.00000264. The summed E-state index contributed by atoms with van der Waals surface area (Å²) in [6.07, 6.45) is 0. The molecule has 0 bridgehead atoms. The molecule has 0 aromatic heterocycles. The lowest BCUT2D eigenvalue weighted by molar-refractivity contribution is 0.336. The van der Waals surface area contributed by atoms with Crippen molar-refractivity contribution >= 4 is 29.9 Å². The second-order valence-electron chi connectivity index (χ2n) is 4.81. The summed E-state index contributed by atoms with van der Waals surface area (Å²) in [6, 6.07) is 18.3. The number of ether oxygens (including phenoxy) is 1. The monoisotopic (exact) mass is 425 g/mol. The SMILES string of the molecule is CCOc1ccccc1CNC(=NC)NCc1ccccc1.I. The number of halogens is 1. The van der Waals surface area contributed by atoms with E-state index in [0.29, 0.717) is 13.2 Å². The Kier molecular flexibility index (Phi) is 9.12. The van der Waals surface area contributed by atoms with E-state index < -0.39 is 0 Å². The maximum absolute atomic E-state index is 5.63. The molecule has 2 aromatic carbocycles. The summed E-state index contributed by atoms with van der Waals surface area (Å²) in [6.45, 7) is 4.07. The van der Waals surface area contributed by atoms with Crippen molar-refractivity contribution in [1.29, 1.82) is 0 Å². The maximum atomic E-state index is 5.63. The molecule has 0 aliphatic carbocycles. The van der Waals surface area contributed by atoms with Gasteiger partial charge in [0.15, 0.2) is 5.96 Å². The van der Waals surface area contributed by atoms with Gasteiger partial charge in [0.1, 0.15) is 5.75 Å². The van der Waals surface area contributed by atoms with Crippen LogP contribution in [0.3, 0.4) is 0 Å². The molecule has 0 saturated heterocycles. The standard InChI is InChI=1S/C18H23N3O.HI/c1-3-22-17-12-8-7-11-16(17)14-21-18(19-2)20-13-15-9-5-4-6-10-15;/h4-12H,3,13-14H2,1-2H3,(H2,19,20,21);1H. The van der Waals surface area contributed by atoms with Gasteiger partial charge in [-0.15, -0.1) is 24.0 Å². The van der Waals surface area contributed by atoms with Gasteiger partial charge in [-0.3, -0.25) is 4.99 Å². The van der Waals surface area contributed by atoms with E-state index in [4.69, 9.17) is 4.74 Å². The Morgan fingerprint density at radius 1 is 0.957 bits per heavy atom. The van der Waals surface area contributed by atoms with Crippen LogP contribution in [-0.4, -0.2) is 19.6 Å². The Labute approximate surface area is 155 Å². The van der Waals surface area contributed by atoms with Crippen LogP contribution in [0.25, 0.3) is 0 Å². The van der Waals surface area contributed by atoms with E-state index in [-0.39, 0.29) is 24.0 Å². The molecule has 0 amide bonds. The number of nitrogens with one attached hydrogen (secondary N) is 2. The molecule has 0 fully saturated rings. The maximum Gasteiger partial charge on any atom is 0.191 e. The van der Waals surface area contributed by atoms with Crippen molar-refractivity contribution < 1.29 is 4.74 Å². The van der Waals surface area contributed by atoms with E-state index in [2.05, 4.69) is 33.8 Å². The van der Waals surface area contributed by atoms with Crippen molar-refractivity contribution in [1.82, 2.24) is 10.6 Å². The highest BCUT2D eigenvalue weighted by atomic mass is 127. The van der Waals surface area contributed by atoms with Crippen LogP contribution in [0, 0.1) is 0 Å². The third kappa shape index (κ3) is 6.48. The van der Waals surface area contributed by atoms with E-state index >= 15 is 0 Å². The van der Waals surface area contributed by atoms with E-state index in [1.165, 1.54) is 5.56 Å². The fourth-order valence-corrected chi connectivity index (χ4v) is 2.13. The number of nitrogens with zero attached hydrogens (tertiary/aromatic N) is 1. The lowest BCUT2D eigenvalue weighted by atomic mass is 10.2. The number of guanidine groups is 1. The highest BCUT2D eigenvalue weighted by Gasteiger charge is 2.04. The number of aliphatic imine (C=N–C) groups is 1. The molecule has 0 aliphatic heterocycles. The van der Waals surface area contributed by atoms with Crippen molar-refractivity contribution in [3.63, 3.8) is 0 Å². The van der Waals surface area contributed by atoms with Gasteiger partial charge in [-0.05, 0) is 18.6 Å². The predicted molar refractivity (Wildman–Crippen MR) is 107 cm³/mol. The van der Waals surface area contributed by atoms with Crippen LogP contribution < -0.4 is 15.4 Å². The first-order valence-electron chi connectivity index (χ1n) is 7.52. The van der Waals surface area contributed by atoms with Crippen LogP contribution in [0.2, 0.25) is 0 Å². The second kappa shape index (κ2) is 10.9. The molecular weight excluding hydrogens is 401 g/mol. The Morgan fingerprint density at radius 2 is 1.61 bits per heavy atom. The third-order valence-electron chi connectivity index (χ3n) is 3.25.